The average Bonchev–Trinajstić information content (AvgIpc) is 1.55. The third-order valence-corrected chi connectivity index (χ3v) is 1.10. The van der Waals surface area contributed by atoms with Gasteiger partial charge < -0.3 is 9.84 Å². The molecule has 2 nitrogen and oxygen atoms in total. The average molecular weight is 101 g/mol. The lowest BCUT2D eigenvalue weighted by atomic mass is 10.1. The Morgan fingerprint density at radius 2 is 2.57 bits per heavy atom. The maximum Gasteiger partial charge on any atom is 0.0891 e. The first-order valence-electron chi connectivity index (χ1n) is 2.49. The van der Waals surface area contributed by atoms with Crippen molar-refractivity contribution < 1.29 is 9.84 Å². The SMILES string of the molecule is OCCC1[CH]OC1. The van der Waals surface area contributed by atoms with Gasteiger partial charge in [0, 0.05) is 12.5 Å². The van der Waals surface area contributed by atoms with Crippen molar-refractivity contribution in [1.29, 1.82) is 0 Å². The summed E-state index contributed by atoms with van der Waals surface area (Å²) in [6.07, 6.45) is 0.861. The molecule has 1 N–H and O–H groups in total. The Bertz CT molecular complexity index is 50.0. The fourth-order valence-electron chi connectivity index (χ4n) is 0.550. The second kappa shape index (κ2) is 2.28. The number of rotatable bonds is 2. The number of ether oxygens (including phenoxy) is 1. The first kappa shape index (κ1) is 5.06. The van der Waals surface area contributed by atoms with Gasteiger partial charge in [0.25, 0.3) is 0 Å². The third kappa shape index (κ3) is 1.14. The van der Waals surface area contributed by atoms with E-state index in [1.54, 1.807) is 6.61 Å². The van der Waals surface area contributed by atoms with Crippen LogP contribution in [0.25, 0.3) is 0 Å². The first-order chi connectivity index (χ1) is 3.43. The minimum atomic E-state index is 0.282. The van der Waals surface area contributed by atoms with Crippen LogP contribution in [-0.2, 0) is 4.74 Å². The van der Waals surface area contributed by atoms with Crippen LogP contribution in [0.5, 0.6) is 0 Å². The van der Waals surface area contributed by atoms with Crippen molar-refractivity contribution in [2.24, 2.45) is 5.92 Å². The number of aliphatic hydroxyl groups is 1. The fraction of sp³-hybridized carbons (Fsp3) is 0.800. The summed E-state index contributed by atoms with van der Waals surface area (Å²) in [6.45, 7) is 2.86. The van der Waals surface area contributed by atoms with E-state index in [9.17, 15) is 0 Å². The van der Waals surface area contributed by atoms with Gasteiger partial charge in [0.05, 0.1) is 13.2 Å². The van der Waals surface area contributed by atoms with Gasteiger partial charge >= 0.3 is 0 Å². The Labute approximate surface area is 43.1 Å². The van der Waals surface area contributed by atoms with Crippen molar-refractivity contribution in [3.05, 3.63) is 6.61 Å². The van der Waals surface area contributed by atoms with Gasteiger partial charge in [0.1, 0.15) is 0 Å². The fourth-order valence-corrected chi connectivity index (χ4v) is 0.550. The van der Waals surface area contributed by atoms with Crippen LogP contribution in [0.4, 0.5) is 0 Å². The van der Waals surface area contributed by atoms with Gasteiger partial charge in [-0.1, -0.05) is 0 Å². The Balaban J connectivity index is 1.93. The van der Waals surface area contributed by atoms with E-state index in [0.717, 1.165) is 13.0 Å². The molecule has 7 heavy (non-hydrogen) atoms. The normalized spacial score (nSPS) is 21.9. The van der Waals surface area contributed by atoms with E-state index in [2.05, 4.69) is 0 Å². The molecule has 0 spiro atoms. The summed E-state index contributed by atoms with van der Waals surface area (Å²) in [4.78, 5) is 0. The van der Waals surface area contributed by atoms with Crippen LogP contribution in [0.1, 0.15) is 6.42 Å². The van der Waals surface area contributed by atoms with Crippen molar-refractivity contribution in [1.82, 2.24) is 0 Å². The van der Waals surface area contributed by atoms with E-state index in [-0.39, 0.29) is 6.61 Å². The predicted molar refractivity (Wildman–Crippen MR) is 25.4 cm³/mol. The van der Waals surface area contributed by atoms with Crippen LogP contribution in [0.3, 0.4) is 0 Å². The molecule has 41 valence electrons. The molecule has 1 aliphatic rings. The van der Waals surface area contributed by atoms with Gasteiger partial charge in [-0.3, -0.25) is 0 Å². The maximum absolute atomic E-state index is 8.33. The van der Waals surface area contributed by atoms with E-state index < -0.39 is 0 Å². The zero-order valence-electron chi connectivity index (χ0n) is 4.13. The Morgan fingerprint density at radius 3 is 2.71 bits per heavy atom. The smallest absolute Gasteiger partial charge is 0.0891 e. The molecule has 0 aromatic rings. The molecule has 1 fully saturated rings. The predicted octanol–water partition coefficient (Wildman–Crippen LogP) is 0.177. The van der Waals surface area contributed by atoms with Gasteiger partial charge in [0.15, 0.2) is 0 Å². The second-order valence-corrected chi connectivity index (χ2v) is 1.74. The molecule has 1 radical (unpaired) electrons. The molecule has 1 rings (SSSR count). The van der Waals surface area contributed by atoms with E-state index in [4.69, 9.17) is 9.84 Å². The summed E-state index contributed by atoms with van der Waals surface area (Å²) in [5.74, 6) is 0.532. The number of hydrogen-bond donors (Lipinski definition) is 1. The largest absolute Gasteiger partial charge is 0.396 e. The van der Waals surface area contributed by atoms with Gasteiger partial charge in [-0.25, -0.2) is 0 Å². The van der Waals surface area contributed by atoms with Gasteiger partial charge in [0.2, 0.25) is 0 Å². The summed E-state index contributed by atoms with van der Waals surface area (Å²) in [6, 6.07) is 0. The van der Waals surface area contributed by atoms with Crippen LogP contribution in [-0.4, -0.2) is 18.3 Å². The third-order valence-electron chi connectivity index (χ3n) is 1.10. The molecule has 1 aliphatic heterocycles. The summed E-state index contributed by atoms with van der Waals surface area (Å²) < 4.78 is 4.75. The molecule has 0 aliphatic carbocycles. The molecule has 0 saturated carbocycles. The minimum Gasteiger partial charge on any atom is -0.396 e. The highest BCUT2D eigenvalue weighted by Crippen LogP contribution is 2.17. The maximum atomic E-state index is 8.33. The topological polar surface area (TPSA) is 29.5 Å². The summed E-state index contributed by atoms with van der Waals surface area (Å²) >= 11 is 0. The van der Waals surface area contributed by atoms with Crippen molar-refractivity contribution >= 4 is 0 Å². The lowest BCUT2D eigenvalue weighted by molar-refractivity contribution is 0.0223. The van der Waals surface area contributed by atoms with Crippen molar-refractivity contribution in [2.75, 3.05) is 13.2 Å². The Morgan fingerprint density at radius 1 is 1.86 bits per heavy atom. The lowest BCUT2D eigenvalue weighted by Crippen LogP contribution is -2.22. The van der Waals surface area contributed by atoms with Crippen molar-refractivity contribution in [2.45, 2.75) is 6.42 Å². The summed E-state index contributed by atoms with van der Waals surface area (Å²) in [5, 5.41) is 8.33. The van der Waals surface area contributed by atoms with Crippen LogP contribution in [0.15, 0.2) is 0 Å². The van der Waals surface area contributed by atoms with Crippen molar-refractivity contribution in [3.63, 3.8) is 0 Å². The molecule has 1 heterocycles. The first-order valence-corrected chi connectivity index (χ1v) is 2.49. The second-order valence-electron chi connectivity index (χ2n) is 1.74. The van der Waals surface area contributed by atoms with E-state index in [0.29, 0.717) is 5.92 Å². The molecule has 1 saturated heterocycles. The Kier molecular flexibility index (Phi) is 1.65. The molecule has 1 unspecified atom stereocenters. The highest BCUT2D eigenvalue weighted by atomic mass is 16.5. The van der Waals surface area contributed by atoms with Gasteiger partial charge in [-0.15, -0.1) is 0 Å². The van der Waals surface area contributed by atoms with Gasteiger partial charge in [-0.2, -0.15) is 0 Å². The lowest BCUT2D eigenvalue weighted by Gasteiger charge is -2.23. The van der Waals surface area contributed by atoms with Crippen LogP contribution >= 0.6 is 0 Å². The van der Waals surface area contributed by atoms with Crippen LogP contribution < -0.4 is 0 Å². The molecule has 0 amide bonds. The van der Waals surface area contributed by atoms with E-state index in [1.165, 1.54) is 0 Å². The van der Waals surface area contributed by atoms with E-state index in [1.807, 2.05) is 0 Å². The Hall–Kier alpha value is -0.0800. The molecule has 0 bridgehead atoms. The summed E-state index contributed by atoms with van der Waals surface area (Å²) in [7, 11) is 0. The highest BCUT2D eigenvalue weighted by Gasteiger charge is 2.17. The van der Waals surface area contributed by atoms with E-state index >= 15 is 0 Å². The molecule has 0 aromatic heterocycles. The zero-order chi connectivity index (χ0) is 5.11. The van der Waals surface area contributed by atoms with Crippen LogP contribution in [0, 0.1) is 12.5 Å². The zero-order valence-corrected chi connectivity index (χ0v) is 4.13. The van der Waals surface area contributed by atoms with Crippen molar-refractivity contribution in [3.8, 4) is 0 Å². The standard InChI is InChI=1S/C5H9O2/c6-2-1-5-3-7-4-5/h3,5-6H,1-2,4H2. The number of hydrogen-bond acceptors (Lipinski definition) is 2. The monoisotopic (exact) mass is 101 g/mol. The molecule has 1 atom stereocenters. The molecule has 2 heteroatoms. The summed E-state index contributed by atoms with van der Waals surface area (Å²) in [5.41, 5.74) is 0. The highest BCUT2D eigenvalue weighted by molar-refractivity contribution is 4.75. The molecular formula is C5H9O2. The number of aliphatic hydroxyl groups excluding tert-OH is 1. The van der Waals surface area contributed by atoms with Gasteiger partial charge in [-0.05, 0) is 6.42 Å². The van der Waals surface area contributed by atoms with Crippen LogP contribution in [0.2, 0.25) is 0 Å². The quantitative estimate of drug-likeness (QED) is 0.537. The minimum absolute atomic E-state index is 0.282. The molecular weight excluding hydrogens is 92.1 g/mol. The molecule has 0 aromatic carbocycles.